The third-order valence-corrected chi connectivity index (χ3v) is 7.17. The van der Waals surface area contributed by atoms with Crippen molar-refractivity contribution in [2.24, 2.45) is 5.92 Å². The van der Waals surface area contributed by atoms with Gasteiger partial charge in [-0.05, 0) is 53.9 Å². The highest BCUT2D eigenvalue weighted by atomic mass is 32.2. The van der Waals surface area contributed by atoms with E-state index in [-0.39, 0.29) is 22.5 Å². The molecule has 0 aliphatic carbocycles. The summed E-state index contributed by atoms with van der Waals surface area (Å²) in [6.45, 7) is 5.32. The van der Waals surface area contributed by atoms with Crippen LogP contribution in [0.3, 0.4) is 0 Å². The first-order valence-electron chi connectivity index (χ1n) is 11.7. The van der Waals surface area contributed by atoms with E-state index in [2.05, 4.69) is 25.3 Å². The smallest absolute Gasteiger partial charge is 0.329 e. The zero-order valence-electron chi connectivity index (χ0n) is 20.6. The maximum absolute atomic E-state index is 13.4. The molecule has 3 aromatic heterocycles. The Morgan fingerprint density at radius 3 is 2.41 bits per heavy atom. The summed E-state index contributed by atoms with van der Waals surface area (Å²) in [6.07, 6.45) is 6.37. The van der Waals surface area contributed by atoms with Gasteiger partial charge in [0, 0.05) is 37.6 Å². The van der Waals surface area contributed by atoms with E-state index in [1.807, 2.05) is 50.4 Å². The predicted molar refractivity (Wildman–Crippen MR) is 138 cm³/mol. The molecule has 1 aromatic carbocycles. The second kappa shape index (κ2) is 11.3. The average Bonchev–Trinajstić information content (AvgIpc) is 3.43. The number of rotatable bonds is 10. The van der Waals surface area contributed by atoms with Crippen LogP contribution in [-0.2, 0) is 19.7 Å². The van der Waals surface area contributed by atoms with E-state index < -0.39 is 22.0 Å². The third-order valence-electron chi connectivity index (χ3n) is 5.74. The van der Waals surface area contributed by atoms with Crippen molar-refractivity contribution < 1.29 is 18.0 Å². The summed E-state index contributed by atoms with van der Waals surface area (Å²) in [5, 5.41) is 4.27. The fraction of sp³-hybridized carbons (Fsp3) is 0.231. The van der Waals surface area contributed by atoms with Crippen molar-refractivity contribution >= 4 is 21.8 Å². The first-order chi connectivity index (χ1) is 17.7. The number of hydrogen-bond donors (Lipinski definition) is 2. The van der Waals surface area contributed by atoms with Crippen LogP contribution in [0.15, 0.2) is 90.3 Å². The molecule has 0 fully saturated rings. The van der Waals surface area contributed by atoms with E-state index in [9.17, 15) is 13.2 Å². The maximum Gasteiger partial charge on any atom is 0.329 e. The third kappa shape index (κ3) is 6.38. The topological polar surface area (TPSA) is 128 Å². The normalized spacial score (nSPS) is 13.2. The Bertz CT molecular complexity index is 1430. The molecule has 0 saturated carbocycles. The predicted octanol–water partition coefficient (Wildman–Crippen LogP) is 4.01. The van der Waals surface area contributed by atoms with E-state index in [1.54, 1.807) is 35.1 Å². The molecule has 3 heterocycles. The second-order valence-corrected chi connectivity index (χ2v) is 10.5. The van der Waals surface area contributed by atoms with Crippen LogP contribution < -0.4 is 10.2 Å². The lowest BCUT2D eigenvalue weighted by molar-refractivity contribution is -0.138. The largest absolute Gasteiger partial charge is 0.342 e. The van der Waals surface area contributed by atoms with Gasteiger partial charge in [0.05, 0.1) is 17.4 Å². The molecule has 11 heteroatoms. The lowest BCUT2D eigenvalue weighted by Crippen LogP contribution is -2.35. The first-order valence-corrected chi connectivity index (χ1v) is 13.2. The molecule has 4 aromatic rings. The lowest BCUT2D eigenvalue weighted by atomic mass is 9.81. The van der Waals surface area contributed by atoms with Crippen molar-refractivity contribution in [3.05, 3.63) is 96.7 Å². The van der Waals surface area contributed by atoms with Crippen molar-refractivity contribution in [1.82, 2.24) is 24.5 Å². The quantitative estimate of drug-likeness (QED) is 0.300. The Morgan fingerprint density at radius 2 is 1.78 bits per heavy atom. The Balaban J connectivity index is 1.76. The number of hydrogen-bond acceptors (Lipinski definition) is 8. The van der Waals surface area contributed by atoms with Crippen LogP contribution in [0.1, 0.15) is 44.0 Å². The number of nitrogens with zero attached hydrogens (tertiary/aromatic N) is 4. The van der Waals surface area contributed by atoms with Gasteiger partial charge < -0.3 is 4.84 Å². The van der Waals surface area contributed by atoms with Crippen molar-refractivity contribution in [2.75, 3.05) is 5.48 Å². The standard InChI is InChI=1S/C26H28N6O4S/c1-18(2)25(20-10-12-21(13-11-20)32-16-6-15-28-32)26(31-37(34,35)22-7-5-14-27-17-22)23-8-4-9-24(29-23)30-36-19(3)33/h4-18,25-26,31H,1-3H3,(H,29,30). The average molecular weight is 521 g/mol. The van der Waals surface area contributed by atoms with Crippen LogP contribution in [0.25, 0.3) is 5.69 Å². The van der Waals surface area contributed by atoms with E-state index in [4.69, 9.17) is 4.84 Å². The minimum atomic E-state index is -3.95. The fourth-order valence-corrected chi connectivity index (χ4v) is 5.29. The molecule has 2 unspecified atom stereocenters. The molecule has 2 N–H and O–H groups in total. The van der Waals surface area contributed by atoms with Gasteiger partial charge in [-0.25, -0.2) is 28.3 Å². The zero-order valence-corrected chi connectivity index (χ0v) is 21.5. The second-order valence-electron chi connectivity index (χ2n) is 8.74. The van der Waals surface area contributed by atoms with Crippen molar-refractivity contribution in [3.8, 4) is 5.69 Å². The zero-order chi connectivity index (χ0) is 26.4. The van der Waals surface area contributed by atoms with Gasteiger partial charge in [-0.3, -0.25) is 9.78 Å². The van der Waals surface area contributed by atoms with E-state index in [1.165, 1.54) is 25.4 Å². The molecule has 4 rings (SSSR count). The van der Waals surface area contributed by atoms with Crippen molar-refractivity contribution in [2.45, 2.75) is 37.6 Å². The lowest BCUT2D eigenvalue weighted by Gasteiger charge is -2.31. The van der Waals surface area contributed by atoms with E-state index >= 15 is 0 Å². The highest BCUT2D eigenvalue weighted by molar-refractivity contribution is 7.89. The van der Waals surface area contributed by atoms with Gasteiger partial charge in [-0.1, -0.05) is 32.0 Å². The number of sulfonamides is 1. The number of benzene rings is 1. The summed E-state index contributed by atoms with van der Waals surface area (Å²) in [6, 6.07) is 17.1. The Hall–Kier alpha value is -4.09. The summed E-state index contributed by atoms with van der Waals surface area (Å²) in [4.78, 5) is 24.7. The van der Waals surface area contributed by atoms with E-state index in [0.717, 1.165) is 11.3 Å². The molecule has 0 saturated heterocycles. The molecule has 192 valence electrons. The molecule has 2 atom stereocenters. The molecule has 0 radical (unpaired) electrons. The van der Waals surface area contributed by atoms with Crippen LogP contribution in [0.4, 0.5) is 5.82 Å². The highest BCUT2D eigenvalue weighted by Gasteiger charge is 2.33. The Kier molecular flexibility index (Phi) is 7.95. The number of carbonyl (C=O) groups is 1. The van der Waals surface area contributed by atoms with Gasteiger partial charge in [-0.2, -0.15) is 5.10 Å². The van der Waals surface area contributed by atoms with E-state index in [0.29, 0.717) is 5.69 Å². The monoisotopic (exact) mass is 520 g/mol. The molecular weight excluding hydrogens is 492 g/mol. The molecule has 0 bridgehead atoms. The number of anilines is 1. The summed E-state index contributed by atoms with van der Waals surface area (Å²) >= 11 is 0. The van der Waals surface area contributed by atoms with Crippen molar-refractivity contribution in [1.29, 1.82) is 0 Å². The number of nitrogens with one attached hydrogen (secondary N) is 2. The fourth-order valence-electron chi connectivity index (χ4n) is 4.10. The summed E-state index contributed by atoms with van der Waals surface area (Å²) in [5.41, 5.74) is 4.77. The number of aromatic nitrogens is 4. The van der Waals surface area contributed by atoms with Crippen LogP contribution in [0.5, 0.6) is 0 Å². The summed E-state index contributed by atoms with van der Waals surface area (Å²) in [5.74, 6) is -0.535. The number of carbonyl (C=O) groups excluding carboxylic acids is 1. The first kappa shape index (κ1) is 26.0. The summed E-state index contributed by atoms with van der Waals surface area (Å²) in [7, 11) is -3.95. The SMILES string of the molecule is CC(=O)ONc1cccc(C(NS(=O)(=O)c2cccnc2)C(c2ccc(-n3cccn3)cc2)C(C)C)n1. The Labute approximate surface area is 215 Å². The van der Waals surface area contributed by atoms with Gasteiger partial charge in [-0.15, -0.1) is 0 Å². The van der Waals surface area contributed by atoms with Gasteiger partial charge in [0.1, 0.15) is 4.90 Å². The van der Waals surface area contributed by atoms with Crippen LogP contribution in [-0.4, -0.2) is 34.1 Å². The molecule has 0 aliphatic rings. The highest BCUT2D eigenvalue weighted by Crippen LogP contribution is 2.38. The molecular formula is C26H28N6O4S. The van der Waals surface area contributed by atoms with Crippen molar-refractivity contribution in [3.63, 3.8) is 0 Å². The molecule has 0 aliphatic heterocycles. The maximum atomic E-state index is 13.4. The summed E-state index contributed by atoms with van der Waals surface area (Å²) < 4.78 is 31.4. The molecule has 0 spiro atoms. The minimum Gasteiger partial charge on any atom is -0.342 e. The van der Waals surface area contributed by atoms with Crippen LogP contribution in [0.2, 0.25) is 0 Å². The molecule has 0 amide bonds. The van der Waals surface area contributed by atoms with Crippen LogP contribution >= 0.6 is 0 Å². The minimum absolute atomic E-state index is 0.0176. The number of pyridine rings is 2. The van der Waals surface area contributed by atoms with Crippen LogP contribution in [0, 0.1) is 5.92 Å². The molecule has 10 nitrogen and oxygen atoms in total. The molecule has 37 heavy (non-hydrogen) atoms. The Morgan fingerprint density at radius 1 is 1.00 bits per heavy atom. The van der Waals surface area contributed by atoms with Gasteiger partial charge in [0.2, 0.25) is 10.0 Å². The van der Waals surface area contributed by atoms with Gasteiger partial charge >= 0.3 is 5.97 Å². The van der Waals surface area contributed by atoms with Gasteiger partial charge in [0.15, 0.2) is 5.82 Å². The van der Waals surface area contributed by atoms with Gasteiger partial charge in [0.25, 0.3) is 0 Å².